The van der Waals surface area contributed by atoms with Gasteiger partial charge in [-0.1, -0.05) is 6.07 Å². The molecule has 1 aromatic rings. The second kappa shape index (κ2) is 5.38. The van der Waals surface area contributed by atoms with Crippen molar-refractivity contribution in [1.29, 1.82) is 0 Å². The van der Waals surface area contributed by atoms with Gasteiger partial charge in [-0.15, -0.1) is 0 Å². The minimum absolute atomic E-state index is 0.524. The highest BCUT2D eigenvalue weighted by Gasteiger charge is 2.24. The maximum atomic E-state index is 11.5. The van der Waals surface area contributed by atoms with Crippen molar-refractivity contribution in [2.24, 2.45) is 0 Å². The summed E-state index contributed by atoms with van der Waals surface area (Å²) >= 11 is 0. The molecule has 1 aliphatic heterocycles. The van der Waals surface area contributed by atoms with Gasteiger partial charge in [0.05, 0.1) is 19.1 Å². The Labute approximate surface area is 114 Å². The van der Waals surface area contributed by atoms with Gasteiger partial charge in [-0.3, -0.25) is 0 Å². The molecule has 1 fully saturated rings. The molecule has 0 saturated carbocycles. The van der Waals surface area contributed by atoms with Crippen LogP contribution in [0.3, 0.4) is 0 Å². The molecule has 1 aromatic carbocycles. The second-order valence-corrected chi connectivity index (χ2v) is 6.81. The van der Waals surface area contributed by atoms with Crippen LogP contribution in [0.5, 0.6) is 5.75 Å². The number of piperazine rings is 1. The van der Waals surface area contributed by atoms with E-state index >= 15 is 0 Å². The van der Waals surface area contributed by atoms with Gasteiger partial charge in [-0.05, 0) is 24.6 Å². The van der Waals surface area contributed by atoms with Crippen LogP contribution in [0.4, 0.5) is 5.69 Å². The van der Waals surface area contributed by atoms with Gasteiger partial charge in [0.1, 0.15) is 5.75 Å². The van der Waals surface area contributed by atoms with E-state index in [4.69, 9.17) is 4.74 Å². The highest BCUT2D eigenvalue weighted by molar-refractivity contribution is 7.88. The van der Waals surface area contributed by atoms with Gasteiger partial charge < -0.3 is 9.64 Å². The minimum atomic E-state index is -3.08. The molecule has 1 saturated heterocycles. The molecule has 5 nitrogen and oxygen atoms in total. The van der Waals surface area contributed by atoms with Crippen molar-refractivity contribution in [3.05, 3.63) is 23.8 Å². The van der Waals surface area contributed by atoms with E-state index in [1.165, 1.54) is 10.6 Å². The van der Waals surface area contributed by atoms with Crippen LogP contribution in [-0.4, -0.2) is 52.3 Å². The molecule has 0 amide bonds. The van der Waals surface area contributed by atoms with Gasteiger partial charge in [0.2, 0.25) is 10.0 Å². The largest absolute Gasteiger partial charge is 0.495 e. The minimum Gasteiger partial charge on any atom is -0.495 e. The topological polar surface area (TPSA) is 49.9 Å². The zero-order chi connectivity index (χ0) is 14.0. The highest BCUT2D eigenvalue weighted by atomic mass is 32.2. The number of benzene rings is 1. The number of rotatable bonds is 3. The molecule has 1 heterocycles. The first-order valence-corrected chi connectivity index (χ1v) is 8.11. The van der Waals surface area contributed by atoms with Crippen molar-refractivity contribution in [3.63, 3.8) is 0 Å². The first kappa shape index (κ1) is 14.1. The maximum Gasteiger partial charge on any atom is 0.211 e. The van der Waals surface area contributed by atoms with E-state index < -0.39 is 10.0 Å². The van der Waals surface area contributed by atoms with Gasteiger partial charge >= 0.3 is 0 Å². The molecule has 0 radical (unpaired) electrons. The first-order valence-electron chi connectivity index (χ1n) is 6.26. The fourth-order valence-corrected chi connectivity index (χ4v) is 3.13. The second-order valence-electron chi connectivity index (χ2n) is 4.82. The molecular weight excluding hydrogens is 264 g/mol. The van der Waals surface area contributed by atoms with Gasteiger partial charge in [0.25, 0.3) is 0 Å². The number of hydrogen-bond acceptors (Lipinski definition) is 4. The van der Waals surface area contributed by atoms with Gasteiger partial charge in [0.15, 0.2) is 0 Å². The molecule has 0 N–H and O–H groups in total. The van der Waals surface area contributed by atoms with E-state index in [2.05, 4.69) is 4.90 Å². The third-order valence-corrected chi connectivity index (χ3v) is 4.69. The SMILES string of the molecule is COc1cc(C)ccc1N1CCN(S(C)(=O)=O)CC1. The van der Waals surface area contributed by atoms with Gasteiger partial charge in [-0.2, -0.15) is 4.31 Å². The number of sulfonamides is 1. The van der Waals surface area contributed by atoms with Crippen LogP contribution in [0.15, 0.2) is 18.2 Å². The number of ether oxygens (including phenoxy) is 1. The summed E-state index contributed by atoms with van der Waals surface area (Å²) in [5.41, 5.74) is 2.18. The Kier molecular flexibility index (Phi) is 4.01. The van der Waals surface area contributed by atoms with Crippen LogP contribution in [0.1, 0.15) is 5.56 Å². The molecule has 0 aromatic heterocycles. The summed E-state index contributed by atoms with van der Waals surface area (Å²) in [6, 6.07) is 6.07. The average molecular weight is 284 g/mol. The van der Waals surface area contributed by atoms with E-state index in [9.17, 15) is 8.42 Å². The molecule has 1 aliphatic rings. The molecule has 0 spiro atoms. The lowest BCUT2D eigenvalue weighted by atomic mass is 10.2. The highest BCUT2D eigenvalue weighted by Crippen LogP contribution is 2.30. The Balaban J connectivity index is 2.14. The van der Waals surface area contributed by atoms with Crippen molar-refractivity contribution in [1.82, 2.24) is 4.31 Å². The number of methoxy groups -OCH3 is 1. The molecule has 0 aliphatic carbocycles. The predicted octanol–water partition coefficient (Wildman–Crippen LogP) is 1.09. The molecular formula is C13H20N2O3S. The zero-order valence-corrected chi connectivity index (χ0v) is 12.4. The Morgan fingerprint density at radius 2 is 1.79 bits per heavy atom. The Bertz CT molecular complexity index is 549. The van der Waals surface area contributed by atoms with E-state index in [0.29, 0.717) is 26.2 Å². The predicted molar refractivity (Wildman–Crippen MR) is 76.4 cm³/mol. The Morgan fingerprint density at radius 1 is 1.16 bits per heavy atom. The molecule has 19 heavy (non-hydrogen) atoms. The van der Waals surface area contributed by atoms with E-state index in [1.54, 1.807) is 7.11 Å². The Morgan fingerprint density at radius 3 is 2.32 bits per heavy atom. The molecule has 106 valence electrons. The summed E-state index contributed by atoms with van der Waals surface area (Å²) < 4.78 is 29.9. The summed E-state index contributed by atoms with van der Waals surface area (Å²) in [5, 5.41) is 0. The summed E-state index contributed by atoms with van der Waals surface area (Å²) in [5.74, 6) is 0.841. The number of hydrogen-bond donors (Lipinski definition) is 0. The van der Waals surface area contributed by atoms with E-state index in [1.807, 2.05) is 25.1 Å². The average Bonchev–Trinajstić information content (AvgIpc) is 2.37. The first-order chi connectivity index (χ1) is 8.91. The summed E-state index contributed by atoms with van der Waals surface area (Å²) in [6.45, 7) is 4.44. The molecule has 2 rings (SSSR count). The van der Waals surface area contributed by atoms with Crippen LogP contribution >= 0.6 is 0 Å². The quantitative estimate of drug-likeness (QED) is 0.833. The number of nitrogens with zero attached hydrogens (tertiary/aromatic N) is 2. The van der Waals surface area contributed by atoms with Gasteiger partial charge in [0, 0.05) is 26.2 Å². The van der Waals surface area contributed by atoms with Crippen LogP contribution in [-0.2, 0) is 10.0 Å². The van der Waals surface area contributed by atoms with Crippen molar-refractivity contribution in [2.45, 2.75) is 6.92 Å². The molecule has 0 atom stereocenters. The Hall–Kier alpha value is -1.27. The van der Waals surface area contributed by atoms with Crippen LogP contribution in [0, 0.1) is 6.92 Å². The van der Waals surface area contributed by atoms with Crippen molar-refractivity contribution >= 4 is 15.7 Å². The third-order valence-electron chi connectivity index (χ3n) is 3.38. The summed E-state index contributed by atoms with van der Waals surface area (Å²) in [4.78, 5) is 2.17. The number of aryl methyl sites for hydroxylation is 1. The standard InChI is InChI=1S/C13H20N2O3S/c1-11-4-5-12(13(10-11)18-2)14-6-8-15(9-7-14)19(3,16)17/h4-5,10H,6-9H2,1-3H3. The molecule has 6 heteroatoms. The number of anilines is 1. The lowest BCUT2D eigenvalue weighted by molar-refractivity contribution is 0.380. The molecule has 0 bridgehead atoms. The van der Waals surface area contributed by atoms with Crippen molar-refractivity contribution in [2.75, 3.05) is 44.4 Å². The lowest BCUT2D eigenvalue weighted by Gasteiger charge is -2.35. The summed E-state index contributed by atoms with van der Waals surface area (Å²) in [6.07, 6.45) is 1.26. The van der Waals surface area contributed by atoms with Crippen LogP contribution < -0.4 is 9.64 Å². The fourth-order valence-electron chi connectivity index (χ4n) is 2.31. The van der Waals surface area contributed by atoms with Gasteiger partial charge in [-0.25, -0.2) is 8.42 Å². The maximum absolute atomic E-state index is 11.5. The van der Waals surface area contributed by atoms with Crippen LogP contribution in [0.25, 0.3) is 0 Å². The van der Waals surface area contributed by atoms with Crippen LogP contribution in [0.2, 0.25) is 0 Å². The van der Waals surface area contributed by atoms with E-state index in [-0.39, 0.29) is 0 Å². The fraction of sp³-hybridized carbons (Fsp3) is 0.538. The zero-order valence-electron chi connectivity index (χ0n) is 11.6. The lowest BCUT2D eigenvalue weighted by Crippen LogP contribution is -2.48. The van der Waals surface area contributed by atoms with Crippen molar-refractivity contribution < 1.29 is 13.2 Å². The monoisotopic (exact) mass is 284 g/mol. The van der Waals surface area contributed by atoms with E-state index in [0.717, 1.165) is 17.0 Å². The third kappa shape index (κ3) is 3.19. The molecule has 0 unspecified atom stereocenters. The normalized spacial score (nSPS) is 17.5. The smallest absolute Gasteiger partial charge is 0.211 e. The summed E-state index contributed by atoms with van der Waals surface area (Å²) in [7, 11) is -1.42. The van der Waals surface area contributed by atoms with Crippen molar-refractivity contribution in [3.8, 4) is 5.75 Å².